The van der Waals surface area contributed by atoms with Crippen molar-refractivity contribution in [3.8, 4) is 5.75 Å². The van der Waals surface area contributed by atoms with Crippen LogP contribution in [0.2, 0.25) is 0 Å². The molecule has 3 aromatic carbocycles. The van der Waals surface area contributed by atoms with Crippen molar-refractivity contribution in [3.05, 3.63) is 106 Å². The summed E-state index contributed by atoms with van der Waals surface area (Å²) in [7, 11) is 0. The van der Waals surface area contributed by atoms with Crippen LogP contribution in [0.5, 0.6) is 5.75 Å². The van der Waals surface area contributed by atoms with Crippen molar-refractivity contribution in [2.45, 2.75) is 20.4 Å². The van der Waals surface area contributed by atoms with Crippen molar-refractivity contribution in [2.24, 2.45) is 0 Å². The highest BCUT2D eigenvalue weighted by Gasteiger charge is 2.19. The number of aryl methyl sites for hydroxylation is 2. The predicted octanol–water partition coefficient (Wildman–Crippen LogP) is 4.28. The summed E-state index contributed by atoms with van der Waals surface area (Å²) >= 11 is 0. The Morgan fingerprint density at radius 1 is 0.931 bits per heavy atom. The van der Waals surface area contributed by atoms with Crippen LogP contribution in [0.25, 0.3) is 10.8 Å². The summed E-state index contributed by atoms with van der Waals surface area (Å²) in [6, 6.07) is 22.1. The SMILES string of the molecule is Cc1ccc(OC(=O)c2nn(Cc3ccccc3)c(=O)c3ccccc23)c(C)c1. The van der Waals surface area contributed by atoms with Gasteiger partial charge in [-0.05, 0) is 37.1 Å². The van der Waals surface area contributed by atoms with Gasteiger partial charge in [0.25, 0.3) is 5.56 Å². The van der Waals surface area contributed by atoms with E-state index in [4.69, 9.17) is 4.74 Å². The Hall–Kier alpha value is -3.73. The fourth-order valence-electron chi connectivity index (χ4n) is 3.31. The first-order valence-corrected chi connectivity index (χ1v) is 9.36. The Morgan fingerprint density at radius 2 is 1.62 bits per heavy atom. The second-order valence-corrected chi connectivity index (χ2v) is 7.00. The maximum absolute atomic E-state index is 13.0. The van der Waals surface area contributed by atoms with Crippen molar-refractivity contribution in [1.29, 1.82) is 0 Å². The molecule has 144 valence electrons. The molecule has 0 saturated heterocycles. The second-order valence-electron chi connectivity index (χ2n) is 7.00. The number of esters is 1. The van der Waals surface area contributed by atoms with Crippen molar-refractivity contribution in [2.75, 3.05) is 0 Å². The topological polar surface area (TPSA) is 61.2 Å². The van der Waals surface area contributed by atoms with Gasteiger partial charge < -0.3 is 4.74 Å². The standard InChI is InChI=1S/C24H20N2O3/c1-16-12-13-21(17(2)14-16)29-24(28)22-19-10-6-7-11-20(19)23(27)26(25-22)15-18-8-4-3-5-9-18/h3-14H,15H2,1-2H3. The average molecular weight is 384 g/mol. The Kier molecular flexibility index (Phi) is 4.96. The van der Waals surface area contributed by atoms with Gasteiger partial charge in [-0.1, -0.05) is 66.2 Å². The van der Waals surface area contributed by atoms with Gasteiger partial charge in [0.15, 0.2) is 5.69 Å². The molecule has 4 rings (SSSR count). The molecule has 29 heavy (non-hydrogen) atoms. The number of aromatic nitrogens is 2. The van der Waals surface area contributed by atoms with E-state index in [1.165, 1.54) is 4.68 Å². The van der Waals surface area contributed by atoms with Crippen LogP contribution >= 0.6 is 0 Å². The second kappa shape index (κ2) is 7.72. The fourth-order valence-corrected chi connectivity index (χ4v) is 3.31. The lowest BCUT2D eigenvalue weighted by Gasteiger charge is -2.12. The third kappa shape index (κ3) is 3.80. The Bertz CT molecular complexity index is 1260. The van der Waals surface area contributed by atoms with Crippen LogP contribution in [0, 0.1) is 13.8 Å². The van der Waals surface area contributed by atoms with Gasteiger partial charge >= 0.3 is 5.97 Å². The number of hydrogen-bond donors (Lipinski definition) is 0. The first-order chi connectivity index (χ1) is 14.0. The number of benzene rings is 3. The molecule has 0 aliphatic rings. The molecule has 0 fully saturated rings. The zero-order valence-electron chi connectivity index (χ0n) is 16.3. The van der Waals surface area contributed by atoms with Crippen LogP contribution in [0.4, 0.5) is 0 Å². The normalized spacial score (nSPS) is 10.8. The highest BCUT2D eigenvalue weighted by molar-refractivity contribution is 6.02. The minimum absolute atomic E-state index is 0.121. The molecule has 0 atom stereocenters. The molecule has 0 amide bonds. The van der Waals surface area contributed by atoms with E-state index < -0.39 is 5.97 Å². The number of carbonyl (C=O) groups excluding carboxylic acids is 1. The predicted molar refractivity (Wildman–Crippen MR) is 112 cm³/mol. The van der Waals surface area contributed by atoms with Gasteiger partial charge in [-0.2, -0.15) is 5.10 Å². The van der Waals surface area contributed by atoms with Crippen LogP contribution in [0.3, 0.4) is 0 Å². The van der Waals surface area contributed by atoms with Gasteiger partial charge in [0.2, 0.25) is 0 Å². The molecule has 5 heteroatoms. The smallest absolute Gasteiger partial charge is 0.364 e. The fraction of sp³-hybridized carbons (Fsp3) is 0.125. The molecule has 0 unspecified atom stereocenters. The highest BCUT2D eigenvalue weighted by Crippen LogP contribution is 2.21. The quantitative estimate of drug-likeness (QED) is 0.389. The van der Waals surface area contributed by atoms with E-state index in [9.17, 15) is 9.59 Å². The van der Waals surface area contributed by atoms with E-state index in [0.717, 1.165) is 16.7 Å². The van der Waals surface area contributed by atoms with Gasteiger partial charge in [-0.15, -0.1) is 0 Å². The number of fused-ring (bicyclic) bond motifs is 1. The maximum atomic E-state index is 13.0. The third-order valence-electron chi connectivity index (χ3n) is 4.77. The van der Waals surface area contributed by atoms with Crippen molar-refractivity contribution >= 4 is 16.7 Å². The van der Waals surface area contributed by atoms with Gasteiger partial charge in [-0.25, -0.2) is 9.48 Å². The first kappa shape index (κ1) is 18.6. The molecule has 0 saturated carbocycles. The maximum Gasteiger partial charge on any atom is 0.364 e. The molecule has 4 aromatic rings. The van der Waals surface area contributed by atoms with E-state index in [1.807, 2.05) is 56.3 Å². The zero-order valence-corrected chi connectivity index (χ0v) is 16.3. The molecular formula is C24H20N2O3. The van der Waals surface area contributed by atoms with Gasteiger partial charge in [0, 0.05) is 5.39 Å². The average Bonchev–Trinajstić information content (AvgIpc) is 2.73. The lowest BCUT2D eigenvalue weighted by molar-refractivity contribution is 0.0727. The van der Waals surface area contributed by atoms with E-state index in [1.54, 1.807) is 30.3 Å². The number of carbonyl (C=O) groups is 1. The van der Waals surface area contributed by atoms with E-state index in [2.05, 4.69) is 5.10 Å². The van der Waals surface area contributed by atoms with Crippen molar-refractivity contribution in [1.82, 2.24) is 9.78 Å². The summed E-state index contributed by atoms with van der Waals surface area (Å²) in [6.07, 6.45) is 0. The first-order valence-electron chi connectivity index (χ1n) is 9.36. The molecule has 0 N–H and O–H groups in total. The summed E-state index contributed by atoms with van der Waals surface area (Å²) in [5.74, 6) is -0.109. The summed E-state index contributed by atoms with van der Waals surface area (Å²) in [5, 5.41) is 5.29. The number of ether oxygens (including phenoxy) is 1. The van der Waals surface area contributed by atoms with Crippen molar-refractivity contribution in [3.63, 3.8) is 0 Å². The van der Waals surface area contributed by atoms with E-state index in [0.29, 0.717) is 16.5 Å². The largest absolute Gasteiger partial charge is 0.421 e. The molecule has 0 aliphatic heterocycles. The van der Waals surface area contributed by atoms with Gasteiger partial charge in [0.1, 0.15) is 5.75 Å². The molecule has 0 radical (unpaired) electrons. The molecular weight excluding hydrogens is 364 g/mol. The molecule has 0 bridgehead atoms. The number of nitrogens with zero attached hydrogens (tertiary/aromatic N) is 2. The minimum atomic E-state index is -0.588. The molecule has 1 heterocycles. The van der Waals surface area contributed by atoms with Gasteiger partial charge in [0.05, 0.1) is 11.9 Å². The highest BCUT2D eigenvalue weighted by atomic mass is 16.5. The lowest BCUT2D eigenvalue weighted by atomic mass is 10.1. The summed E-state index contributed by atoms with van der Waals surface area (Å²) < 4.78 is 6.94. The summed E-state index contributed by atoms with van der Waals surface area (Å²) in [6.45, 7) is 4.14. The monoisotopic (exact) mass is 384 g/mol. The van der Waals surface area contributed by atoms with Crippen LogP contribution < -0.4 is 10.3 Å². The zero-order chi connectivity index (χ0) is 20.4. The number of rotatable bonds is 4. The van der Waals surface area contributed by atoms with Crippen LogP contribution in [-0.4, -0.2) is 15.7 Å². The number of hydrogen-bond acceptors (Lipinski definition) is 4. The Balaban J connectivity index is 1.79. The molecule has 0 spiro atoms. The van der Waals surface area contributed by atoms with Crippen LogP contribution in [-0.2, 0) is 6.54 Å². The molecule has 1 aromatic heterocycles. The minimum Gasteiger partial charge on any atom is -0.421 e. The van der Waals surface area contributed by atoms with Crippen LogP contribution in [0.1, 0.15) is 27.2 Å². The molecule has 5 nitrogen and oxygen atoms in total. The summed E-state index contributed by atoms with van der Waals surface area (Å²) in [4.78, 5) is 25.9. The Labute approximate surface area is 168 Å². The van der Waals surface area contributed by atoms with Gasteiger partial charge in [-0.3, -0.25) is 4.79 Å². The Morgan fingerprint density at radius 3 is 2.34 bits per heavy atom. The van der Waals surface area contributed by atoms with E-state index in [-0.39, 0.29) is 17.8 Å². The van der Waals surface area contributed by atoms with Crippen molar-refractivity contribution < 1.29 is 9.53 Å². The summed E-state index contributed by atoms with van der Waals surface area (Å²) in [5.41, 5.74) is 2.75. The third-order valence-corrected chi connectivity index (χ3v) is 4.77. The lowest BCUT2D eigenvalue weighted by Crippen LogP contribution is -2.27. The van der Waals surface area contributed by atoms with E-state index >= 15 is 0 Å². The molecule has 0 aliphatic carbocycles. The van der Waals surface area contributed by atoms with Crippen LogP contribution in [0.15, 0.2) is 77.6 Å².